The number of thiophene rings is 1. The fraction of sp³-hybridized carbons (Fsp3) is 0.267. The third-order valence-electron chi connectivity index (χ3n) is 2.92. The van der Waals surface area contributed by atoms with Crippen LogP contribution >= 0.6 is 22.9 Å². The second-order valence-corrected chi connectivity index (χ2v) is 6.26. The van der Waals surface area contributed by atoms with Crippen LogP contribution in [-0.2, 0) is 11.3 Å². The Morgan fingerprint density at radius 3 is 2.60 bits per heavy atom. The van der Waals surface area contributed by atoms with Gasteiger partial charge in [0.05, 0.1) is 6.42 Å². The molecule has 1 N–H and O–H groups in total. The van der Waals surface area contributed by atoms with Gasteiger partial charge in [0.15, 0.2) is 0 Å². The lowest BCUT2D eigenvalue weighted by atomic mass is 10.2. The molecule has 1 heterocycles. The number of hydrogen-bond donors (Lipinski definition) is 1. The van der Waals surface area contributed by atoms with E-state index in [0.29, 0.717) is 6.54 Å². The van der Waals surface area contributed by atoms with Crippen LogP contribution in [0.3, 0.4) is 0 Å². The number of nitrogens with zero attached hydrogens (tertiary/aromatic N) is 1. The van der Waals surface area contributed by atoms with Crippen molar-refractivity contribution in [2.75, 3.05) is 13.6 Å². The average Bonchev–Trinajstić information content (AvgIpc) is 2.85. The zero-order chi connectivity index (χ0) is 14.5. The highest BCUT2D eigenvalue weighted by Gasteiger charge is 2.07. The van der Waals surface area contributed by atoms with E-state index < -0.39 is 5.97 Å². The molecule has 0 bridgehead atoms. The lowest BCUT2D eigenvalue weighted by Gasteiger charge is -2.13. The normalized spacial score (nSPS) is 10.9. The molecule has 3 nitrogen and oxygen atoms in total. The van der Waals surface area contributed by atoms with Crippen molar-refractivity contribution >= 4 is 28.9 Å². The van der Waals surface area contributed by atoms with Gasteiger partial charge >= 0.3 is 5.97 Å². The molecule has 0 aliphatic carbocycles. The summed E-state index contributed by atoms with van der Waals surface area (Å²) < 4.78 is 0. The second-order valence-electron chi connectivity index (χ2n) is 4.65. The van der Waals surface area contributed by atoms with Crippen LogP contribution in [0.2, 0.25) is 5.02 Å². The van der Waals surface area contributed by atoms with E-state index in [-0.39, 0.29) is 6.42 Å². The maximum absolute atomic E-state index is 10.5. The Labute approximate surface area is 127 Å². The second kappa shape index (κ2) is 6.88. The van der Waals surface area contributed by atoms with Gasteiger partial charge in [-0.25, -0.2) is 0 Å². The van der Waals surface area contributed by atoms with E-state index in [4.69, 9.17) is 16.7 Å². The Morgan fingerprint density at radius 2 is 1.95 bits per heavy atom. The number of halogens is 1. The highest BCUT2D eigenvalue weighted by atomic mass is 35.5. The summed E-state index contributed by atoms with van der Waals surface area (Å²) in [6.07, 6.45) is 0.173. The molecule has 0 aliphatic heterocycles. The molecule has 0 spiro atoms. The monoisotopic (exact) mass is 309 g/mol. The number of rotatable bonds is 6. The van der Waals surface area contributed by atoms with Gasteiger partial charge in [0, 0.05) is 27.9 Å². The van der Waals surface area contributed by atoms with Gasteiger partial charge < -0.3 is 10.0 Å². The fourth-order valence-corrected chi connectivity index (χ4v) is 3.08. The summed E-state index contributed by atoms with van der Waals surface area (Å²) in [7, 11) is 1.94. The van der Waals surface area contributed by atoms with Crippen LogP contribution in [0.25, 0.3) is 10.4 Å². The van der Waals surface area contributed by atoms with Crippen molar-refractivity contribution in [3.05, 3.63) is 46.3 Å². The molecule has 5 heteroatoms. The van der Waals surface area contributed by atoms with Gasteiger partial charge in [-0.1, -0.05) is 23.7 Å². The van der Waals surface area contributed by atoms with E-state index in [0.717, 1.165) is 17.1 Å². The first kappa shape index (κ1) is 15.0. The summed E-state index contributed by atoms with van der Waals surface area (Å²) in [5.74, 6) is -0.759. The van der Waals surface area contributed by atoms with Crippen molar-refractivity contribution in [2.45, 2.75) is 13.0 Å². The summed E-state index contributed by atoms with van der Waals surface area (Å²) in [5.41, 5.74) is 1.15. The molecule has 0 amide bonds. The van der Waals surface area contributed by atoms with E-state index in [9.17, 15) is 4.79 Å². The van der Waals surface area contributed by atoms with Gasteiger partial charge in [-0.2, -0.15) is 0 Å². The fourth-order valence-electron chi connectivity index (χ4n) is 1.86. The van der Waals surface area contributed by atoms with E-state index in [1.54, 1.807) is 11.3 Å². The van der Waals surface area contributed by atoms with Crippen molar-refractivity contribution < 1.29 is 9.90 Å². The van der Waals surface area contributed by atoms with Gasteiger partial charge in [0.1, 0.15) is 0 Å². The van der Waals surface area contributed by atoms with Crippen molar-refractivity contribution in [1.29, 1.82) is 0 Å². The van der Waals surface area contributed by atoms with Crippen LogP contribution < -0.4 is 0 Å². The topological polar surface area (TPSA) is 40.5 Å². The molecule has 0 saturated carbocycles. The Balaban J connectivity index is 1.98. The van der Waals surface area contributed by atoms with Gasteiger partial charge in [-0.15, -0.1) is 11.3 Å². The summed E-state index contributed by atoms with van der Waals surface area (Å²) in [6, 6.07) is 12.0. The number of benzene rings is 1. The summed E-state index contributed by atoms with van der Waals surface area (Å²) in [5, 5.41) is 9.40. The third-order valence-corrected chi connectivity index (χ3v) is 4.29. The lowest BCUT2D eigenvalue weighted by Crippen LogP contribution is -2.20. The molecule has 0 fully saturated rings. The molecular formula is C15H16ClNO2S. The Bertz CT molecular complexity index is 580. The van der Waals surface area contributed by atoms with Crippen LogP contribution in [0, 0.1) is 0 Å². The van der Waals surface area contributed by atoms with Crippen molar-refractivity contribution in [3.63, 3.8) is 0 Å². The smallest absolute Gasteiger partial charge is 0.304 e. The Kier molecular flexibility index (Phi) is 5.17. The average molecular weight is 310 g/mol. The van der Waals surface area contributed by atoms with E-state index in [1.807, 2.05) is 36.2 Å². The highest BCUT2D eigenvalue weighted by Crippen LogP contribution is 2.29. The van der Waals surface area contributed by atoms with Crippen molar-refractivity contribution in [1.82, 2.24) is 4.90 Å². The summed E-state index contributed by atoms with van der Waals surface area (Å²) >= 11 is 7.60. The van der Waals surface area contributed by atoms with Crippen LogP contribution in [0.4, 0.5) is 0 Å². The Morgan fingerprint density at radius 1 is 1.25 bits per heavy atom. The SMILES string of the molecule is CN(CCC(=O)O)Cc1ccc(-c2ccc(Cl)cc2)s1. The molecule has 0 radical (unpaired) electrons. The minimum Gasteiger partial charge on any atom is -0.481 e. The minimum absolute atomic E-state index is 0.173. The van der Waals surface area contributed by atoms with Crippen molar-refractivity contribution in [3.8, 4) is 10.4 Å². The molecule has 1 aromatic heterocycles. The van der Waals surface area contributed by atoms with Gasteiger partial charge in [0.2, 0.25) is 0 Å². The number of hydrogen-bond acceptors (Lipinski definition) is 3. The predicted molar refractivity (Wildman–Crippen MR) is 83.4 cm³/mol. The first-order valence-corrected chi connectivity index (χ1v) is 7.49. The van der Waals surface area contributed by atoms with Gasteiger partial charge in [-0.3, -0.25) is 4.79 Å². The standard InChI is InChI=1S/C15H16ClNO2S/c1-17(9-8-15(18)19)10-13-6-7-14(20-13)11-2-4-12(16)5-3-11/h2-7H,8-10H2,1H3,(H,18,19). The zero-order valence-corrected chi connectivity index (χ0v) is 12.7. The molecular weight excluding hydrogens is 294 g/mol. The Hall–Kier alpha value is -1.36. The third kappa shape index (κ3) is 4.34. The first-order chi connectivity index (χ1) is 9.54. The largest absolute Gasteiger partial charge is 0.481 e. The van der Waals surface area contributed by atoms with E-state index >= 15 is 0 Å². The molecule has 2 aromatic rings. The molecule has 1 aromatic carbocycles. The summed E-state index contributed by atoms with van der Waals surface area (Å²) in [4.78, 5) is 15.0. The van der Waals surface area contributed by atoms with Gasteiger partial charge in [0.25, 0.3) is 0 Å². The van der Waals surface area contributed by atoms with Crippen LogP contribution in [0.5, 0.6) is 0 Å². The van der Waals surface area contributed by atoms with Crippen LogP contribution in [0.1, 0.15) is 11.3 Å². The maximum atomic E-state index is 10.5. The highest BCUT2D eigenvalue weighted by molar-refractivity contribution is 7.15. The quantitative estimate of drug-likeness (QED) is 0.877. The number of aliphatic carboxylic acids is 1. The number of carboxylic acids is 1. The molecule has 2 rings (SSSR count). The van der Waals surface area contributed by atoms with E-state index in [1.165, 1.54) is 9.75 Å². The van der Waals surface area contributed by atoms with E-state index in [2.05, 4.69) is 12.1 Å². The van der Waals surface area contributed by atoms with Crippen LogP contribution in [0.15, 0.2) is 36.4 Å². The molecule has 0 unspecified atom stereocenters. The van der Waals surface area contributed by atoms with Crippen molar-refractivity contribution in [2.24, 2.45) is 0 Å². The van der Waals surface area contributed by atoms with Gasteiger partial charge in [-0.05, 0) is 36.9 Å². The maximum Gasteiger partial charge on any atom is 0.304 e. The summed E-state index contributed by atoms with van der Waals surface area (Å²) in [6.45, 7) is 1.33. The lowest BCUT2D eigenvalue weighted by molar-refractivity contribution is -0.137. The first-order valence-electron chi connectivity index (χ1n) is 6.29. The number of carbonyl (C=O) groups is 1. The molecule has 0 saturated heterocycles. The number of carboxylic acid groups (broad SMARTS) is 1. The molecule has 0 atom stereocenters. The molecule has 106 valence electrons. The zero-order valence-electron chi connectivity index (χ0n) is 11.2. The van der Waals surface area contributed by atoms with Crippen LogP contribution in [-0.4, -0.2) is 29.6 Å². The molecule has 0 aliphatic rings. The predicted octanol–water partition coefficient (Wildman–Crippen LogP) is 3.98. The molecule has 20 heavy (non-hydrogen) atoms. The minimum atomic E-state index is -0.759.